The van der Waals surface area contributed by atoms with Crippen molar-refractivity contribution < 1.29 is 31.8 Å². The van der Waals surface area contributed by atoms with Gasteiger partial charge < -0.3 is 15.3 Å². The number of amides is 1. The summed E-state index contributed by atoms with van der Waals surface area (Å²) in [6, 6.07) is 7.97. The lowest BCUT2D eigenvalue weighted by molar-refractivity contribution is -0.604. The van der Waals surface area contributed by atoms with Crippen molar-refractivity contribution in [2.24, 2.45) is 0 Å². The van der Waals surface area contributed by atoms with Crippen molar-refractivity contribution in [2.45, 2.75) is 13.1 Å². The van der Waals surface area contributed by atoms with Gasteiger partial charge in [-0.2, -0.15) is 17.9 Å². The average molecular weight is 485 g/mol. The monoisotopic (exact) mass is 484 g/mol. The van der Waals surface area contributed by atoms with Crippen LogP contribution in [-0.4, -0.2) is 5.91 Å². The second kappa shape index (κ2) is 8.31. The molecule has 3 aromatic rings. The van der Waals surface area contributed by atoms with Crippen LogP contribution in [0.2, 0.25) is 0 Å². The van der Waals surface area contributed by atoms with Crippen molar-refractivity contribution in [1.82, 2.24) is 0 Å². The zero-order chi connectivity index (χ0) is 22.1. The molecule has 3 rings (SSSR count). The Morgan fingerprint density at radius 1 is 1.17 bits per heavy atom. The summed E-state index contributed by atoms with van der Waals surface area (Å²) in [5.74, 6) is -1.65. The number of anilines is 1. The third-order valence-electron chi connectivity index (χ3n) is 4.01. The molecule has 0 aliphatic rings. The lowest BCUT2D eigenvalue weighted by Gasteiger charge is -2.17. The average Bonchev–Trinajstić information content (AvgIpc) is 2.64. The molecular weight excluding hydrogens is 472 g/mol. The molecule has 1 heterocycles. The van der Waals surface area contributed by atoms with Crippen molar-refractivity contribution >= 4 is 27.5 Å². The lowest BCUT2D eigenvalue weighted by atomic mass is 10.1. The number of nitrogens with one attached hydrogen (secondary N) is 1. The molecule has 0 saturated heterocycles. The van der Waals surface area contributed by atoms with Crippen LogP contribution in [0.15, 0.2) is 59.3 Å². The van der Waals surface area contributed by atoms with Crippen LogP contribution >= 0.6 is 15.9 Å². The third-order valence-corrected chi connectivity index (χ3v) is 4.67. The van der Waals surface area contributed by atoms with Gasteiger partial charge >= 0.3 is 6.18 Å². The Balaban J connectivity index is 2.06. The van der Waals surface area contributed by atoms with Crippen molar-refractivity contribution in [3.05, 3.63) is 87.0 Å². The van der Waals surface area contributed by atoms with Crippen LogP contribution in [0.4, 0.5) is 23.2 Å². The van der Waals surface area contributed by atoms with Gasteiger partial charge in [0.05, 0.1) is 11.1 Å². The van der Waals surface area contributed by atoms with Gasteiger partial charge in [-0.1, -0.05) is 15.9 Å². The largest absolute Gasteiger partial charge is 0.619 e. The number of nitrogens with zero attached hydrogens (tertiary/aromatic N) is 1. The van der Waals surface area contributed by atoms with E-state index in [1.165, 1.54) is 31.3 Å². The highest BCUT2D eigenvalue weighted by Crippen LogP contribution is 2.40. The van der Waals surface area contributed by atoms with Crippen LogP contribution in [0, 0.1) is 17.9 Å². The number of carbonyl (C=O) groups excluding carboxylic acids is 1. The standard InChI is InChI=1S/C20H13BrF4N2O3/c1-11-7-12(22)4-5-17(11)30-18-9-15(20(23,24)25)16(21)8-14(18)19(28)26-13-3-2-6-27(29)10-13/h2-10H,1H3,(H,26,28). The Morgan fingerprint density at radius 2 is 1.90 bits per heavy atom. The number of hydrogen-bond donors (Lipinski definition) is 1. The molecule has 0 spiro atoms. The Bertz CT molecular complexity index is 1120. The number of carbonyl (C=O) groups is 1. The molecule has 0 saturated carbocycles. The first-order valence-corrected chi connectivity index (χ1v) is 9.19. The Morgan fingerprint density at radius 3 is 2.53 bits per heavy atom. The number of ether oxygens (including phenoxy) is 1. The molecule has 0 unspecified atom stereocenters. The molecule has 5 nitrogen and oxygen atoms in total. The summed E-state index contributed by atoms with van der Waals surface area (Å²) >= 11 is 2.83. The Labute approximate surface area is 176 Å². The number of pyridine rings is 1. The van der Waals surface area contributed by atoms with Gasteiger partial charge in [0.1, 0.15) is 23.0 Å². The summed E-state index contributed by atoms with van der Waals surface area (Å²) < 4.78 is 59.0. The van der Waals surface area contributed by atoms with Crippen LogP contribution in [0.25, 0.3) is 0 Å². The van der Waals surface area contributed by atoms with E-state index in [1.54, 1.807) is 0 Å². The number of hydrogen-bond acceptors (Lipinski definition) is 3. The van der Waals surface area contributed by atoms with E-state index < -0.39 is 23.5 Å². The number of benzene rings is 2. The molecule has 2 aromatic carbocycles. The van der Waals surface area contributed by atoms with Gasteiger partial charge in [0.2, 0.25) is 6.20 Å². The van der Waals surface area contributed by atoms with Gasteiger partial charge in [0, 0.05) is 10.5 Å². The summed E-state index contributed by atoms with van der Waals surface area (Å²) in [4.78, 5) is 12.7. The molecule has 1 aromatic heterocycles. The molecule has 0 fully saturated rings. The number of aryl methyl sites for hydroxylation is 1. The van der Waals surface area contributed by atoms with Gasteiger partial charge in [-0.3, -0.25) is 4.79 Å². The Kier molecular flexibility index (Phi) is 5.97. The smallest absolute Gasteiger partial charge is 0.417 e. The van der Waals surface area contributed by atoms with E-state index >= 15 is 0 Å². The number of aromatic nitrogens is 1. The molecule has 1 N–H and O–H groups in total. The maximum absolute atomic E-state index is 13.4. The fraction of sp³-hybridized carbons (Fsp3) is 0.100. The fourth-order valence-corrected chi connectivity index (χ4v) is 3.17. The first-order chi connectivity index (χ1) is 14.0. The molecule has 0 aliphatic heterocycles. The van der Waals surface area contributed by atoms with Gasteiger partial charge in [-0.15, -0.1) is 0 Å². The highest BCUT2D eigenvalue weighted by atomic mass is 79.9. The molecule has 10 heteroatoms. The van der Waals surface area contributed by atoms with Crippen LogP contribution in [0.3, 0.4) is 0 Å². The van der Waals surface area contributed by atoms with Crippen LogP contribution in [0.5, 0.6) is 11.5 Å². The number of alkyl halides is 3. The minimum atomic E-state index is -4.71. The van der Waals surface area contributed by atoms with Crippen LogP contribution in [-0.2, 0) is 6.18 Å². The number of rotatable bonds is 4. The van der Waals surface area contributed by atoms with Crippen molar-refractivity contribution in [3.63, 3.8) is 0 Å². The molecule has 0 radical (unpaired) electrons. The van der Waals surface area contributed by atoms with Crippen LogP contribution < -0.4 is 14.8 Å². The second-order valence-corrected chi connectivity index (χ2v) is 7.10. The van der Waals surface area contributed by atoms with Gasteiger partial charge in [0.25, 0.3) is 5.91 Å². The van der Waals surface area contributed by atoms with Crippen molar-refractivity contribution in [1.29, 1.82) is 0 Å². The SMILES string of the molecule is Cc1cc(F)ccc1Oc1cc(C(F)(F)F)c(Br)cc1C(=O)Nc1ccc[n+]([O-])c1. The zero-order valence-electron chi connectivity index (χ0n) is 15.3. The van der Waals surface area contributed by atoms with E-state index in [9.17, 15) is 27.6 Å². The summed E-state index contributed by atoms with van der Waals surface area (Å²) in [6.07, 6.45) is -2.42. The van der Waals surface area contributed by atoms with E-state index in [0.717, 1.165) is 24.4 Å². The first kappa shape index (κ1) is 21.6. The second-order valence-electron chi connectivity index (χ2n) is 6.24. The van der Waals surface area contributed by atoms with E-state index in [0.29, 0.717) is 16.4 Å². The lowest BCUT2D eigenvalue weighted by Crippen LogP contribution is -2.25. The van der Waals surface area contributed by atoms with E-state index in [1.807, 2.05) is 0 Å². The molecule has 0 aliphatic carbocycles. The zero-order valence-corrected chi connectivity index (χ0v) is 16.8. The molecule has 156 valence electrons. The highest BCUT2D eigenvalue weighted by molar-refractivity contribution is 9.10. The molecular formula is C20H13BrF4N2O3. The highest BCUT2D eigenvalue weighted by Gasteiger charge is 2.35. The van der Waals surface area contributed by atoms with E-state index in [4.69, 9.17) is 4.74 Å². The third kappa shape index (κ3) is 4.88. The van der Waals surface area contributed by atoms with Crippen LogP contribution in [0.1, 0.15) is 21.5 Å². The maximum Gasteiger partial charge on any atom is 0.417 e. The summed E-state index contributed by atoms with van der Waals surface area (Å²) in [6.45, 7) is 1.51. The number of halogens is 5. The first-order valence-electron chi connectivity index (χ1n) is 8.39. The molecule has 0 bridgehead atoms. The summed E-state index contributed by atoms with van der Waals surface area (Å²) in [7, 11) is 0. The molecule has 30 heavy (non-hydrogen) atoms. The Hall–Kier alpha value is -3.14. The summed E-state index contributed by atoms with van der Waals surface area (Å²) in [5.41, 5.74) is -0.809. The predicted molar refractivity (Wildman–Crippen MR) is 104 cm³/mol. The maximum atomic E-state index is 13.4. The fourth-order valence-electron chi connectivity index (χ4n) is 2.61. The molecule has 1 amide bonds. The summed E-state index contributed by atoms with van der Waals surface area (Å²) in [5, 5.41) is 13.8. The van der Waals surface area contributed by atoms with Gasteiger partial charge in [0.15, 0.2) is 6.20 Å². The minimum absolute atomic E-state index is 0.0815. The van der Waals surface area contributed by atoms with E-state index in [2.05, 4.69) is 21.2 Å². The normalized spacial score (nSPS) is 11.3. The topological polar surface area (TPSA) is 65.3 Å². The van der Waals surface area contributed by atoms with Gasteiger partial charge in [-0.25, -0.2) is 4.39 Å². The predicted octanol–water partition coefficient (Wildman–Crippen LogP) is 5.59. The van der Waals surface area contributed by atoms with E-state index in [-0.39, 0.29) is 27.2 Å². The van der Waals surface area contributed by atoms with Gasteiger partial charge in [-0.05, 0) is 48.9 Å². The minimum Gasteiger partial charge on any atom is -0.619 e. The van der Waals surface area contributed by atoms with Crippen molar-refractivity contribution in [2.75, 3.05) is 5.32 Å². The molecule has 0 atom stereocenters. The quantitative estimate of drug-likeness (QED) is 0.298. The van der Waals surface area contributed by atoms with Crippen molar-refractivity contribution in [3.8, 4) is 11.5 Å².